The van der Waals surface area contributed by atoms with Crippen molar-refractivity contribution < 1.29 is 9.59 Å². The molecule has 2 heterocycles. The number of carbonyl (C=O) groups is 2. The Morgan fingerprint density at radius 1 is 1.12 bits per heavy atom. The average molecular weight is 533 g/mol. The number of pyridine rings is 1. The van der Waals surface area contributed by atoms with Crippen LogP contribution in [0.3, 0.4) is 0 Å². The summed E-state index contributed by atoms with van der Waals surface area (Å²) in [7, 11) is 0. The molecule has 0 bridgehead atoms. The van der Waals surface area contributed by atoms with Gasteiger partial charge in [-0.1, -0.05) is 43.8 Å². The van der Waals surface area contributed by atoms with Crippen molar-refractivity contribution in [2.45, 2.75) is 64.8 Å². The Kier molecular flexibility index (Phi) is 7.53. The quantitative estimate of drug-likeness (QED) is 0.210. The summed E-state index contributed by atoms with van der Waals surface area (Å²) in [5.74, 6) is 0.0148. The third-order valence-corrected chi connectivity index (χ3v) is 8.25. The standard InChI is InChI=1S/C34H36N4O2/c1-6-29-19-25-11-8-9-13-32(25)38(29)33(40)31(35-7-2)17-22(3)37-28-15-14-26-20-34(24(5)39,21-27(26)18-28)30-12-10-16-36-23(30)4/h7-18,29,37H,3,6,19-21H2,1-2,4-5H3/b31-17-,35-7?. The van der Waals surface area contributed by atoms with E-state index in [4.69, 9.17) is 0 Å². The number of aromatic nitrogens is 1. The van der Waals surface area contributed by atoms with Crippen molar-refractivity contribution in [1.29, 1.82) is 0 Å². The highest BCUT2D eigenvalue weighted by Crippen LogP contribution is 2.42. The van der Waals surface area contributed by atoms with Crippen molar-refractivity contribution in [2.75, 3.05) is 10.2 Å². The van der Waals surface area contributed by atoms with Crippen molar-refractivity contribution in [1.82, 2.24) is 4.98 Å². The summed E-state index contributed by atoms with van der Waals surface area (Å²) in [5, 5.41) is 3.35. The van der Waals surface area contributed by atoms with Crippen molar-refractivity contribution in [3.05, 3.63) is 113 Å². The number of hydrogen-bond acceptors (Lipinski definition) is 5. The molecular formula is C34H36N4O2. The number of allylic oxidation sites excluding steroid dienone is 1. The van der Waals surface area contributed by atoms with Crippen LogP contribution in [0.1, 0.15) is 55.1 Å². The first kappa shape index (κ1) is 27.3. The number of aryl methyl sites for hydroxylation is 1. The van der Waals surface area contributed by atoms with E-state index in [0.717, 1.165) is 46.6 Å². The molecule has 0 radical (unpaired) electrons. The Balaban J connectivity index is 1.38. The molecule has 204 valence electrons. The van der Waals surface area contributed by atoms with Gasteiger partial charge in [-0.2, -0.15) is 0 Å². The third kappa shape index (κ3) is 4.90. The van der Waals surface area contributed by atoms with Crippen molar-refractivity contribution in [3.8, 4) is 0 Å². The minimum Gasteiger partial charge on any atom is -0.356 e. The maximum Gasteiger partial charge on any atom is 0.277 e. The van der Waals surface area contributed by atoms with E-state index in [1.165, 1.54) is 5.56 Å². The number of carbonyl (C=O) groups excluding carboxylic acids is 2. The number of nitrogens with zero attached hydrogens (tertiary/aromatic N) is 3. The molecule has 0 saturated carbocycles. The molecule has 2 atom stereocenters. The van der Waals surface area contributed by atoms with Gasteiger partial charge in [0.15, 0.2) is 0 Å². The van der Waals surface area contributed by atoms with E-state index in [2.05, 4.69) is 47.0 Å². The van der Waals surface area contributed by atoms with Crippen LogP contribution in [0.25, 0.3) is 0 Å². The van der Waals surface area contributed by atoms with Gasteiger partial charge in [0.05, 0.1) is 5.41 Å². The van der Waals surface area contributed by atoms with Crippen LogP contribution in [0.2, 0.25) is 0 Å². The van der Waals surface area contributed by atoms with Gasteiger partial charge in [0.2, 0.25) is 0 Å². The van der Waals surface area contributed by atoms with Gasteiger partial charge in [0, 0.05) is 41.2 Å². The van der Waals surface area contributed by atoms with Gasteiger partial charge in [0.25, 0.3) is 5.91 Å². The predicted octanol–water partition coefficient (Wildman–Crippen LogP) is 6.28. The van der Waals surface area contributed by atoms with E-state index in [1.807, 2.05) is 48.2 Å². The first-order chi connectivity index (χ1) is 19.3. The molecule has 1 amide bonds. The number of aliphatic imine (C=N–C) groups is 1. The van der Waals surface area contributed by atoms with E-state index in [9.17, 15) is 9.59 Å². The molecule has 2 unspecified atom stereocenters. The van der Waals surface area contributed by atoms with E-state index in [-0.39, 0.29) is 17.7 Å². The fourth-order valence-electron chi connectivity index (χ4n) is 6.24. The number of ketones is 1. The number of Topliss-reactive ketones (excluding diaryl/α,β-unsaturated/α-hetero) is 1. The number of benzene rings is 2. The molecule has 3 aromatic rings. The zero-order valence-electron chi connectivity index (χ0n) is 23.7. The SMILES string of the molecule is C=C(/C=C(\N=CC)C(=O)N1c2ccccc2CC1CC)Nc1ccc2c(c1)CC(C(C)=O)(c1cccnc1C)C2. The van der Waals surface area contributed by atoms with Crippen LogP contribution in [0, 0.1) is 6.92 Å². The van der Waals surface area contributed by atoms with Gasteiger partial charge in [-0.3, -0.25) is 19.6 Å². The molecule has 1 aliphatic carbocycles. The molecule has 1 N–H and O–H groups in total. The maximum atomic E-state index is 13.7. The fraction of sp³-hybridized carbons (Fsp3) is 0.294. The largest absolute Gasteiger partial charge is 0.356 e. The summed E-state index contributed by atoms with van der Waals surface area (Å²) in [6, 6.07) is 18.3. The molecule has 2 aromatic carbocycles. The predicted molar refractivity (Wildman–Crippen MR) is 162 cm³/mol. The summed E-state index contributed by atoms with van der Waals surface area (Å²) in [4.78, 5) is 37.5. The van der Waals surface area contributed by atoms with Crippen LogP contribution in [-0.4, -0.2) is 28.9 Å². The number of nitrogens with one attached hydrogen (secondary N) is 1. The summed E-state index contributed by atoms with van der Waals surface area (Å²) in [5.41, 5.74) is 7.45. The van der Waals surface area contributed by atoms with E-state index in [0.29, 0.717) is 24.2 Å². The van der Waals surface area contributed by atoms with Crippen LogP contribution in [0.15, 0.2) is 89.8 Å². The molecule has 6 heteroatoms. The first-order valence-electron chi connectivity index (χ1n) is 13.9. The summed E-state index contributed by atoms with van der Waals surface area (Å²) in [6.07, 6.45) is 8.10. The van der Waals surface area contributed by atoms with Gasteiger partial charge in [-0.05, 0) is 99.0 Å². The van der Waals surface area contributed by atoms with Crippen LogP contribution in [0.5, 0.6) is 0 Å². The number of anilines is 2. The van der Waals surface area contributed by atoms with E-state index < -0.39 is 5.41 Å². The van der Waals surface area contributed by atoms with Crippen LogP contribution >= 0.6 is 0 Å². The van der Waals surface area contributed by atoms with Crippen molar-refractivity contribution >= 4 is 29.3 Å². The highest BCUT2D eigenvalue weighted by atomic mass is 16.2. The molecule has 2 aliphatic rings. The summed E-state index contributed by atoms with van der Waals surface area (Å²) >= 11 is 0. The second-order valence-corrected chi connectivity index (χ2v) is 10.7. The van der Waals surface area contributed by atoms with Crippen molar-refractivity contribution in [3.63, 3.8) is 0 Å². The van der Waals surface area contributed by atoms with Gasteiger partial charge >= 0.3 is 0 Å². The summed E-state index contributed by atoms with van der Waals surface area (Å²) in [6.45, 7) is 11.7. The lowest BCUT2D eigenvalue weighted by Gasteiger charge is -2.27. The highest BCUT2D eigenvalue weighted by Gasteiger charge is 2.44. The molecular weight excluding hydrogens is 496 g/mol. The second-order valence-electron chi connectivity index (χ2n) is 10.7. The van der Waals surface area contributed by atoms with Crippen LogP contribution < -0.4 is 10.2 Å². The van der Waals surface area contributed by atoms with Gasteiger partial charge in [-0.15, -0.1) is 0 Å². The lowest BCUT2D eigenvalue weighted by atomic mass is 9.74. The smallest absolute Gasteiger partial charge is 0.277 e. The molecule has 40 heavy (non-hydrogen) atoms. The zero-order chi connectivity index (χ0) is 28.4. The summed E-state index contributed by atoms with van der Waals surface area (Å²) < 4.78 is 0. The van der Waals surface area contributed by atoms with Crippen LogP contribution in [-0.2, 0) is 34.3 Å². The number of rotatable bonds is 8. The second kappa shape index (κ2) is 11.0. The minimum absolute atomic E-state index is 0.100. The highest BCUT2D eigenvalue weighted by molar-refractivity contribution is 6.08. The Morgan fingerprint density at radius 3 is 2.62 bits per heavy atom. The molecule has 0 spiro atoms. The Morgan fingerprint density at radius 2 is 1.90 bits per heavy atom. The van der Waals surface area contributed by atoms with Gasteiger partial charge < -0.3 is 10.2 Å². The lowest BCUT2D eigenvalue weighted by Crippen LogP contribution is -2.38. The molecule has 5 rings (SSSR count). The lowest BCUT2D eigenvalue weighted by molar-refractivity contribution is -0.122. The number of hydrogen-bond donors (Lipinski definition) is 1. The van der Waals surface area contributed by atoms with Gasteiger partial charge in [0.1, 0.15) is 11.5 Å². The Bertz CT molecular complexity index is 1550. The number of fused-ring (bicyclic) bond motifs is 2. The molecule has 1 aliphatic heterocycles. The van der Waals surface area contributed by atoms with Crippen molar-refractivity contribution in [2.24, 2.45) is 4.99 Å². The average Bonchev–Trinajstić information content (AvgIpc) is 3.51. The van der Waals surface area contributed by atoms with Gasteiger partial charge in [-0.25, -0.2) is 0 Å². The molecule has 0 fully saturated rings. The fourth-order valence-corrected chi connectivity index (χ4v) is 6.24. The number of para-hydroxylation sites is 1. The maximum absolute atomic E-state index is 13.7. The topological polar surface area (TPSA) is 74.7 Å². The molecule has 6 nitrogen and oxygen atoms in total. The number of amides is 1. The molecule has 0 saturated heterocycles. The normalized spacial score (nSPS) is 19.9. The minimum atomic E-state index is -0.604. The van der Waals surface area contributed by atoms with E-state index >= 15 is 0 Å². The zero-order valence-corrected chi connectivity index (χ0v) is 23.7. The first-order valence-corrected chi connectivity index (χ1v) is 13.9. The molecule has 1 aromatic heterocycles. The van der Waals surface area contributed by atoms with E-state index in [1.54, 1.807) is 32.3 Å². The monoisotopic (exact) mass is 532 g/mol. The van der Waals surface area contributed by atoms with Crippen LogP contribution in [0.4, 0.5) is 11.4 Å². The third-order valence-electron chi connectivity index (χ3n) is 8.25. The Hall–Kier alpha value is -4.32. The Labute approximate surface area is 236 Å².